The monoisotopic (exact) mass is 530 g/mol. The summed E-state index contributed by atoms with van der Waals surface area (Å²) in [7, 11) is 2.76. The van der Waals surface area contributed by atoms with Gasteiger partial charge in [0.1, 0.15) is 17.4 Å². The first kappa shape index (κ1) is 24.7. The Balaban J connectivity index is 1.87. The molecule has 1 aliphatic heterocycles. The number of esters is 1. The lowest BCUT2D eigenvalue weighted by Gasteiger charge is -2.31. The number of carbonyl (C=O) groups excluding carboxylic acids is 2. The number of halogens is 1. The molecule has 7 nitrogen and oxygen atoms in total. The van der Waals surface area contributed by atoms with Gasteiger partial charge >= 0.3 is 5.97 Å². The van der Waals surface area contributed by atoms with Crippen molar-refractivity contribution in [1.82, 2.24) is 5.32 Å². The minimum absolute atomic E-state index is 0.294. The molecule has 0 spiro atoms. The predicted octanol–water partition coefficient (Wildman–Crippen LogP) is 4.32. The maximum absolute atomic E-state index is 12.9. The summed E-state index contributed by atoms with van der Waals surface area (Å²) < 4.78 is 16.5. The van der Waals surface area contributed by atoms with E-state index >= 15 is 0 Å². The maximum Gasteiger partial charge on any atom is 0.319 e. The molecular weight excluding hydrogens is 508 g/mol. The first-order chi connectivity index (χ1) is 15.9. The number of hydrogen-bond acceptors (Lipinski definition) is 7. The van der Waals surface area contributed by atoms with Gasteiger partial charge in [-0.1, -0.05) is 23.8 Å². The Kier molecular flexibility index (Phi) is 8.42. The molecular formula is C24H23BrN2O5S. The minimum atomic E-state index is -1.18. The van der Waals surface area contributed by atoms with Crippen molar-refractivity contribution in [3.05, 3.63) is 68.7 Å². The van der Waals surface area contributed by atoms with Crippen LogP contribution in [-0.2, 0) is 14.3 Å². The van der Waals surface area contributed by atoms with Crippen LogP contribution >= 0.6 is 27.7 Å². The number of rotatable bonds is 8. The quantitative estimate of drug-likeness (QED) is 0.308. The lowest BCUT2D eigenvalue weighted by Crippen LogP contribution is -2.44. The van der Waals surface area contributed by atoms with Crippen molar-refractivity contribution in [3.63, 3.8) is 0 Å². The zero-order chi connectivity index (χ0) is 24.0. The Labute approximate surface area is 205 Å². The van der Waals surface area contributed by atoms with E-state index in [0.29, 0.717) is 38.7 Å². The van der Waals surface area contributed by atoms with Gasteiger partial charge in [-0.2, -0.15) is 5.26 Å². The van der Waals surface area contributed by atoms with Crippen LogP contribution < -0.4 is 14.8 Å². The molecule has 33 heavy (non-hydrogen) atoms. The van der Waals surface area contributed by atoms with Crippen molar-refractivity contribution in [3.8, 4) is 17.6 Å². The summed E-state index contributed by atoms with van der Waals surface area (Å²) in [6, 6.07) is 15.1. The molecule has 9 heteroatoms. The minimum Gasteiger partial charge on any atom is -0.496 e. The molecule has 1 aliphatic rings. The standard InChI is InChI=1S/C24H23BrN2O5S/c1-14-4-7-16(8-5-14)32-10-11-33-23-17(13-26)20(21(22(28)27-23)24(29)31-3)15-6-9-19(30-2)18(25)12-15/h4-9,12,20-21H,10-11H2,1-3H3,(H,27,28)/t20-,21+/m1/s1. The van der Waals surface area contributed by atoms with Gasteiger partial charge in [-0.3, -0.25) is 9.59 Å². The summed E-state index contributed by atoms with van der Waals surface area (Å²) in [5.41, 5.74) is 2.06. The number of hydrogen-bond donors (Lipinski definition) is 1. The van der Waals surface area contributed by atoms with E-state index in [9.17, 15) is 14.9 Å². The van der Waals surface area contributed by atoms with Gasteiger partial charge in [0.05, 0.1) is 42.0 Å². The average Bonchev–Trinajstić information content (AvgIpc) is 2.82. The fourth-order valence-corrected chi connectivity index (χ4v) is 4.92. The number of carbonyl (C=O) groups is 2. The van der Waals surface area contributed by atoms with E-state index < -0.39 is 23.7 Å². The van der Waals surface area contributed by atoms with Gasteiger partial charge in [0.15, 0.2) is 0 Å². The molecule has 1 N–H and O–H groups in total. The van der Waals surface area contributed by atoms with Crippen LogP contribution in [0.2, 0.25) is 0 Å². The van der Waals surface area contributed by atoms with E-state index in [1.54, 1.807) is 25.3 Å². The topological polar surface area (TPSA) is 97.7 Å². The van der Waals surface area contributed by atoms with Crippen molar-refractivity contribution >= 4 is 39.6 Å². The van der Waals surface area contributed by atoms with Crippen LogP contribution in [0.4, 0.5) is 0 Å². The van der Waals surface area contributed by atoms with E-state index in [1.807, 2.05) is 31.2 Å². The smallest absolute Gasteiger partial charge is 0.319 e. The fourth-order valence-electron chi connectivity index (χ4n) is 3.49. The summed E-state index contributed by atoms with van der Waals surface area (Å²) in [4.78, 5) is 25.4. The molecule has 0 fully saturated rings. The van der Waals surface area contributed by atoms with E-state index in [2.05, 4.69) is 27.3 Å². The second-order valence-corrected chi connectivity index (χ2v) is 9.19. The SMILES string of the molecule is COC(=O)[C@@H]1C(=O)NC(SCCOc2ccc(C)cc2)=C(C#N)[C@H]1c1ccc(OC)c(Br)c1. The van der Waals surface area contributed by atoms with Crippen LogP contribution in [-0.4, -0.2) is 38.5 Å². The van der Waals surface area contributed by atoms with Gasteiger partial charge in [0.2, 0.25) is 5.91 Å². The highest BCUT2D eigenvalue weighted by Crippen LogP contribution is 2.42. The summed E-state index contributed by atoms with van der Waals surface area (Å²) in [5, 5.41) is 13.1. The number of thioether (sulfide) groups is 1. The van der Waals surface area contributed by atoms with Gasteiger partial charge in [0.25, 0.3) is 0 Å². The molecule has 0 bridgehead atoms. The van der Waals surface area contributed by atoms with Gasteiger partial charge in [-0.05, 0) is 52.7 Å². The van der Waals surface area contributed by atoms with Crippen LogP contribution in [0, 0.1) is 24.2 Å². The van der Waals surface area contributed by atoms with E-state index in [-0.39, 0.29) is 0 Å². The van der Waals surface area contributed by atoms with Crippen LogP contribution in [0.15, 0.2) is 57.5 Å². The zero-order valence-electron chi connectivity index (χ0n) is 18.4. The second kappa shape index (κ2) is 11.3. The maximum atomic E-state index is 12.9. The first-order valence-corrected chi connectivity index (χ1v) is 11.9. The van der Waals surface area contributed by atoms with Gasteiger partial charge in [-0.15, -0.1) is 11.8 Å². The Morgan fingerprint density at radius 3 is 2.55 bits per heavy atom. The van der Waals surface area contributed by atoms with Gasteiger partial charge < -0.3 is 19.5 Å². The largest absolute Gasteiger partial charge is 0.496 e. The highest BCUT2D eigenvalue weighted by atomic mass is 79.9. The number of methoxy groups -OCH3 is 2. The van der Waals surface area contributed by atoms with Gasteiger partial charge in [0, 0.05) is 11.7 Å². The van der Waals surface area contributed by atoms with Crippen molar-refractivity contribution in [2.24, 2.45) is 5.92 Å². The molecule has 0 aromatic heterocycles. The Morgan fingerprint density at radius 1 is 1.21 bits per heavy atom. The van der Waals surface area contributed by atoms with Crippen molar-refractivity contribution in [1.29, 1.82) is 5.26 Å². The molecule has 2 atom stereocenters. The summed E-state index contributed by atoms with van der Waals surface area (Å²) in [6.45, 7) is 2.38. The number of nitrogens with zero attached hydrogens (tertiary/aromatic N) is 1. The lowest BCUT2D eigenvalue weighted by molar-refractivity contribution is -0.150. The number of ether oxygens (including phenoxy) is 3. The number of allylic oxidation sites excluding steroid dienone is 1. The van der Waals surface area contributed by atoms with E-state index in [1.165, 1.54) is 18.9 Å². The Bertz CT molecular complexity index is 1110. The van der Waals surface area contributed by atoms with Gasteiger partial charge in [-0.25, -0.2) is 0 Å². The Hall–Kier alpha value is -2.96. The molecule has 2 aromatic rings. The molecule has 0 aliphatic carbocycles. The van der Waals surface area contributed by atoms with Crippen LogP contribution in [0.25, 0.3) is 0 Å². The molecule has 0 radical (unpaired) electrons. The zero-order valence-corrected chi connectivity index (χ0v) is 20.8. The molecule has 2 aromatic carbocycles. The number of aryl methyl sites for hydroxylation is 1. The third-order valence-electron chi connectivity index (χ3n) is 5.14. The van der Waals surface area contributed by atoms with E-state index in [4.69, 9.17) is 14.2 Å². The Morgan fingerprint density at radius 2 is 1.94 bits per heavy atom. The summed E-state index contributed by atoms with van der Waals surface area (Å²) in [6.07, 6.45) is 0. The molecule has 1 amide bonds. The molecule has 3 rings (SSSR count). The van der Waals surface area contributed by atoms with Crippen LogP contribution in [0.5, 0.6) is 11.5 Å². The van der Waals surface area contributed by atoms with Crippen molar-refractivity contribution in [2.75, 3.05) is 26.6 Å². The third-order valence-corrected chi connectivity index (χ3v) is 6.74. The highest BCUT2D eigenvalue weighted by Gasteiger charge is 2.44. The first-order valence-electron chi connectivity index (χ1n) is 10.1. The normalized spacial score (nSPS) is 17.7. The summed E-state index contributed by atoms with van der Waals surface area (Å²) in [5.74, 6) is -1.36. The summed E-state index contributed by atoms with van der Waals surface area (Å²) >= 11 is 4.73. The van der Waals surface area contributed by atoms with Crippen molar-refractivity contribution < 1.29 is 23.8 Å². The van der Waals surface area contributed by atoms with Crippen LogP contribution in [0.1, 0.15) is 17.0 Å². The number of nitriles is 1. The molecule has 0 saturated carbocycles. The number of amides is 1. The number of nitrogens with one attached hydrogen (secondary N) is 1. The molecule has 172 valence electrons. The molecule has 1 heterocycles. The van der Waals surface area contributed by atoms with E-state index in [0.717, 1.165) is 11.3 Å². The van der Waals surface area contributed by atoms with Crippen LogP contribution in [0.3, 0.4) is 0 Å². The average molecular weight is 531 g/mol. The highest BCUT2D eigenvalue weighted by molar-refractivity contribution is 9.10. The third kappa shape index (κ3) is 5.70. The predicted molar refractivity (Wildman–Crippen MR) is 129 cm³/mol. The number of benzene rings is 2. The molecule has 0 unspecified atom stereocenters. The van der Waals surface area contributed by atoms with Crippen molar-refractivity contribution in [2.45, 2.75) is 12.8 Å². The second-order valence-electron chi connectivity index (χ2n) is 7.23. The lowest BCUT2D eigenvalue weighted by atomic mass is 9.78. The molecule has 0 saturated heterocycles. The fraction of sp³-hybridized carbons (Fsp3) is 0.292.